The van der Waals surface area contributed by atoms with E-state index in [9.17, 15) is 17.6 Å². The van der Waals surface area contributed by atoms with Crippen molar-refractivity contribution in [2.24, 2.45) is 0 Å². The van der Waals surface area contributed by atoms with Crippen molar-refractivity contribution in [3.05, 3.63) is 65.9 Å². The van der Waals surface area contributed by atoms with E-state index >= 15 is 0 Å². The Labute approximate surface area is 210 Å². The number of pyridine rings is 2. The van der Waals surface area contributed by atoms with Gasteiger partial charge in [0.15, 0.2) is 5.82 Å². The molecule has 0 radical (unpaired) electrons. The highest BCUT2D eigenvalue weighted by molar-refractivity contribution is 5.94. The number of nitrogens with zero attached hydrogens (tertiary/aromatic N) is 5. The highest BCUT2D eigenvalue weighted by Gasteiger charge is 2.31. The van der Waals surface area contributed by atoms with E-state index in [0.717, 1.165) is 73.4 Å². The third-order valence-corrected chi connectivity index (χ3v) is 6.63. The van der Waals surface area contributed by atoms with E-state index in [1.165, 1.54) is 6.20 Å². The van der Waals surface area contributed by atoms with Crippen molar-refractivity contribution in [2.75, 3.05) is 36.4 Å². The van der Waals surface area contributed by atoms with Crippen LogP contribution in [0.2, 0.25) is 0 Å². The molecule has 1 saturated carbocycles. The molecule has 4 heterocycles. The number of benzene rings is 1. The number of halogens is 4. The van der Waals surface area contributed by atoms with Gasteiger partial charge in [-0.05, 0) is 54.7 Å². The molecule has 0 bridgehead atoms. The molecular weight excluding hydrogens is 486 g/mol. The lowest BCUT2D eigenvalue weighted by Gasteiger charge is -2.30. The van der Waals surface area contributed by atoms with Crippen LogP contribution in [0, 0.1) is 5.82 Å². The van der Waals surface area contributed by atoms with Crippen molar-refractivity contribution in [1.29, 1.82) is 0 Å². The Morgan fingerprint density at radius 2 is 1.81 bits per heavy atom. The van der Waals surface area contributed by atoms with Crippen LogP contribution in [0.1, 0.15) is 29.9 Å². The molecule has 0 atom stereocenters. The maximum absolute atomic E-state index is 14.3. The summed E-state index contributed by atoms with van der Waals surface area (Å²) >= 11 is 0. The highest BCUT2D eigenvalue weighted by atomic mass is 19.4. The molecule has 2 N–H and O–H groups in total. The van der Waals surface area contributed by atoms with Gasteiger partial charge in [0.1, 0.15) is 17.5 Å². The minimum Gasteiger partial charge on any atom is -0.353 e. The number of fused-ring (bicyclic) bond motifs is 1. The topological polar surface area (TPSA) is 78.9 Å². The minimum atomic E-state index is -4.59. The van der Waals surface area contributed by atoms with E-state index in [-0.39, 0.29) is 11.5 Å². The molecule has 190 valence electrons. The molecule has 2 fully saturated rings. The first-order valence-corrected chi connectivity index (χ1v) is 12.1. The normalized spacial score (nSPS) is 16.3. The lowest BCUT2D eigenvalue weighted by Crippen LogP contribution is -2.44. The van der Waals surface area contributed by atoms with Gasteiger partial charge in [0.05, 0.1) is 23.0 Å². The predicted molar refractivity (Wildman–Crippen MR) is 132 cm³/mol. The van der Waals surface area contributed by atoms with E-state index in [0.29, 0.717) is 23.4 Å². The van der Waals surface area contributed by atoms with Crippen LogP contribution in [0.15, 0.2) is 48.9 Å². The molecule has 11 heteroatoms. The third-order valence-electron chi connectivity index (χ3n) is 6.63. The van der Waals surface area contributed by atoms with Crippen molar-refractivity contribution < 1.29 is 17.6 Å². The van der Waals surface area contributed by atoms with E-state index in [1.807, 2.05) is 6.20 Å². The van der Waals surface area contributed by atoms with Gasteiger partial charge in [-0.25, -0.2) is 19.3 Å². The molecular formula is C26H23F4N7. The smallest absolute Gasteiger partial charge is 0.353 e. The van der Waals surface area contributed by atoms with Crippen LogP contribution in [0.5, 0.6) is 0 Å². The lowest BCUT2D eigenvalue weighted by atomic mass is 10.1. The zero-order valence-corrected chi connectivity index (χ0v) is 19.7. The van der Waals surface area contributed by atoms with E-state index in [2.05, 4.69) is 25.5 Å². The molecule has 3 aromatic heterocycles. The van der Waals surface area contributed by atoms with Crippen LogP contribution in [-0.2, 0) is 6.18 Å². The molecule has 37 heavy (non-hydrogen) atoms. The van der Waals surface area contributed by atoms with E-state index < -0.39 is 17.6 Å². The standard InChI is InChI=1S/C26H23F4N7/c27-19-4-3-17(26(28,29)30)12-20(19)34-22-11-16(5-6-33-22)24-35-21-14-32-13-18(15-1-2-15)23(21)25(36-24)37-9-7-31-8-10-37/h3-6,11-15,31H,1-2,7-10H2,(H,33,34). The number of aromatic nitrogens is 4. The quantitative estimate of drug-likeness (QED) is 0.355. The fraction of sp³-hybridized carbons (Fsp3) is 0.308. The zero-order chi connectivity index (χ0) is 25.6. The highest BCUT2D eigenvalue weighted by Crippen LogP contribution is 2.45. The van der Waals surface area contributed by atoms with Crippen molar-refractivity contribution in [3.8, 4) is 11.4 Å². The van der Waals surface area contributed by atoms with Gasteiger partial charge < -0.3 is 15.5 Å². The van der Waals surface area contributed by atoms with E-state index in [1.54, 1.807) is 18.3 Å². The summed E-state index contributed by atoms with van der Waals surface area (Å²) in [7, 11) is 0. The maximum Gasteiger partial charge on any atom is 0.416 e. The summed E-state index contributed by atoms with van der Waals surface area (Å²) in [6, 6.07) is 5.53. The third kappa shape index (κ3) is 4.78. The Hall–Kier alpha value is -3.86. The Balaban J connectivity index is 1.41. The molecule has 1 aliphatic carbocycles. The molecule has 6 rings (SSSR count). The largest absolute Gasteiger partial charge is 0.416 e. The second-order valence-corrected chi connectivity index (χ2v) is 9.25. The average Bonchev–Trinajstić information content (AvgIpc) is 3.74. The van der Waals surface area contributed by atoms with Crippen LogP contribution < -0.4 is 15.5 Å². The number of alkyl halides is 3. The molecule has 7 nitrogen and oxygen atoms in total. The first-order chi connectivity index (χ1) is 17.9. The fourth-order valence-electron chi connectivity index (χ4n) is 4.60. The number of anilines is 3. The average molecular weight is 510 g/mol. The zero-order valence-electron chi connectivity index (χ0n) is 19.7. The van der Waals surface area contributed by atoms with Gasteiger partial charge in [-0.3, -0.25) is 4.98 Å². The summed E-state index contributed by atoms with van der Waals surface area (Å²) in [5, 5.41) is 7.05. The Morgan fingerprint density at radius 3 is 2.57 bits per heavy atom. The lowest BCUT2D eigenvalue weighted by molar-refractivity contribution is -0.137. The first kappa shape index (κ1) is 23.5. The number of hydrogen-bond donors (Lipinski definition) is 2. The molecule has 0 amide bonds. The molecule has 0 spiro atoms. The molecule has 1 aromatic carbocycles. The SMILES string of the molecule is Fc1ccc(C(F)(F)F)cc1Nc1cc(-c2nc(N3CCNCC3)c3c(C4CC4)cncc3n2)ccn1. The summed E-state index contributed by atoms with van der Waals surface area (Å²) in [4.78, 5) is 20.6. The molecule has 1 saturated heterocycles. The molecule has 1 aliphatic heterocycles. The Morgan fingerprint density at radius 1 is 1.00 bits per heavy atom. The van der Waals surface area contributed by atoms with Gasteiger partial charge >= 0.3 is 6.18 Å². The number of hydrogen-bond acceptors (Lipinski definition) is 7. The number of nitrogens with one attached hydrogen (secondary N) is 2. The molecule has 2 aliphatic rings. The number of piperazine rings is 1. The molecule has 0 unspecified atom stereocenters. The van der Waals surface area contributed by atoms with Gasteiger partial charge in [-0.2, -0.15) is 13.2 Å². The Bertz CT molecular complexity index is 1460. The van der Waals surface area contributed by atoms with Crippen LogP contribution in [-0.4, -0.2) is 46.1 Å². The summed E-state index contributed by atoms with van der Waals surface area (Å²) in [5.41, 5.74) is 1.22. The van der Waals surface area contributed by atoms with Crippen molar-refractivity contribution in [2.45, 2.75) is 24.9 Å². The van der Waals surface area contributed by atoms with Crippen LogP contribution in [0.4, 0.5) is 34.9 Å². The minimum absolute atomic E-state index is 0.174. The maximum atomic E-state index is 14.3. The Kier molecular flexibility index (Phi) is 5.86. The second-order valence-electron chi connectivity index (χ2n) is 9.25. The summed E-state index contributed by atoms with van der Waals surface area (Å²) in [6.07, 6.45) is 2.78. The van der Waals surface area contributed by atoms with Gasteiger partial charge in [0.2, 0.25) is 0 Å². The first-order valence-electron chi connectivity index (χ1n) is 12.1. The van der Waals surface area contributed by atoms with Crippen LogP contribution in [0.3, 0.4) is 0 Å². The van der Waals surface area contributed by atoms with Crippen molar-refractivity contribution in [1.82, 2.24) is 25.3 Å². The summed E-state index contributed by atoms with van der Waals surface area (Å²) in [6.45, 7) is 3.29. The van der Waals surface area contributed by atoms with Gasteiger partial charge in [0.25, 0.3) is 0 Å². The van der Waals surface area contributed by atoms with Gasteiger partial charge in [-0.15, -0.1) is 0 Å². The summed E-state index contributed by atoms with van der Waals surface area (Å²) < 4.78 is 53.7. The van der Waals surface area contributed by atoms with Crippen LogP contribution in [0.25, 0.3) is 22.3 Å². The fourth-order valence-corrected chi connectivity index (χ4v) is 4.60. The molecule has 4 aromatic rings. The van der Waals surface area contributed by atoms with E-state index in [4.69, 9.17) is 9.97 Å². The van der Waals surface area contributed by atoms with Gasteiger partial charge in [-0.1, -0.05) is 0 Å². The van der Waals surface area contributed by atoms with Crippen LogP contribution >= 0.6 is 0 Å². The second kappa shape index (κ2) is 9.22. The van der Waals surface area contributed by atoms with Gasteiger partial charge in [0, 0.05) is 49.5 Å². The van der Waals surface area contributed by atoms with Crippen molar-refractivity contribution in [3.63, 3.8) is 0 Å². The monoisotopic (exact) mass is 509 g/mol. The number of rotatable bonds is 5. The summed E-state index contributed by atoms with van der Waals surface area (Å²) in [5.74, 6) is 1.10. The van der Waals surface area contributed by atoms with Crippen molar-refractivity contribution >= 4 is 28.2 Å². The predicted octanol–water partition coefficient (Wildman–Crippen LogP) is 5.28.